The van der Waals surface area contributed by atoms with Crippen molar-refractivity contribution in [2.45, 2.75) is 62.7 Å². The molecule has 1 N–H and O–H groups in total. The van der Waals surface area contributed by atoms with Gasteiger partial charge >= 0.3 is 6.18 Å². The third-order valence-electron chi connectivity index (χ3n) is 6.93. The molecule has 32 heavy (non-hydrogen) atoms. The van der Waals surface area contributed by atoms with Gasteiger partial charge in [-0.1, -0.05) is 43.2 Å². The van der Waals surface area contributed by atoms with E-state index in [-0.39, 0.29) is 18.4 Å². The van der Waals surface area contributed by atoms with Crippen molar-refractivity contribution in [1.29, 1.82) is 0 Å². The number of rotatable bonds is 6. The number of alkyl halides is 3. The number of hydrogen-bond acceptors (Lipinski definition) is 3. The van der Waals surface area contributed by atoms with Crippen molar-refractivity contribution in [3.8, 4) is 0 Å². The van der Waals surface area contributed by atoms with Gasteiger partial charge in [0, 0.05) is 25.0 Å². The second kappa shape index (κ2) is 10.0. The molecule has 1 amide bonds. The molecule has 4 nitrogen and oxygen atoms in total. The molecule has 1 aromatic carbocycles. The summed E-state index contributed by atoms with van der Waals surface area (Å²) in [5.41, 5.74) is 2.10. The van der Waals surface area contributed by atoms with Gasteiger partial charge in [-0.3, -0.25) is 15.1 Å². The fourth-order valence-electron chi connectivity index (χ4n) is 5.48. The Morgan fingerprint density at radius 1 is 1.06 bits per heavy atom. The standard InChI is InChI=1S/C25H30F3N3O/c26-25(27,28)17-30-22(16-18-10-13-29-14-11-18)24(32)31-15-12-20(19-6-2-1-3-7-19)21-8-4-5-9-23(21)31/h1-3,6-7,10-11,13-14,20-23,30H,4-5,8-9,12,15-17H2/t20-,21?,22+,23?/m1/s1. The molecule has 0 bridgehead atoms. The number of pyridine rings is 1. The highest BCUT2D eigenvalue weighted by atomic mass is 19.4. The van der Waals surface area contributed by atoms with Crippen molar-refractivity contribution >= 4 is 5.91 Å². The number of aromatic nitrogens is 1. The lowest BCUT2D eigenvalue weighted by molar-refractivity contribution is -0.144. The largest absolute Gasteiger partial charge is 0.401 e. The van der Waals surface area contributed by atoms with E-state index >= 15 is 0 Å². The number of likely N-dealkylation sites (tertiary alicyclic amines) is 1. The van der Waals surface area contributed by atoms with Gasteiger partial charge in [-0.15, -0.1) is 0 Å². The maximum absolute atomic E-state index is 13.6. The average molecular weight is 446 g/mol. The van der Waals surface area contributed by atoms with E-state index in [4.69, 9.17) is 0 Å². The molecular weight excluding hydrogens is 415 g/mol. The maximum atomic E-state index is 13.6. The lowest BCUT2D eigenvalue weighted by atomic mass is 9.69. The average Bonchev–Trinajstić information content (AvgIpc) is 2.81. The van der Waals surface area contributed by atoms with E-state index in [9.17, 15) is 18.0 Å². The summed E-state index contributed by atoms with van der Waals surface area (Å²) in [6, 6.07) is 13.1. The van der Waals surface area contributed by atoms with E-state index < -0.39 is 18.8 Å². The Morgan fingerprint density at radius 2 is 1.78 bits per heavy atom. The van der Waals surface area contributed by atoms with Crippen LogP contribution in [0.15, 0.2) is 54.9 Å². The summed E-state index contributed by atoms with van der Waals surface area (Å²) >= 11 is 0. The summed E-state index contributed by atoms with van der Waals surface area (Å²) in [7, 11) is 0. The zero-order chi connectivity index (χ0) is 22.6. The number of carbonyl (C=O) groups is 1. The first-order valence-electron chi connectivity index (χ1n) is 11.5. The van der Waals surface area contributed by atoms with Crippen molar-refractivity contribution in [1.82, 2.24) is 15.2 Å². The second-order valence-corrected chi connectivity index (χ2v) is 8.96. The fourth-order valence-corrected chi connectivity index (χ4v) is 5.48. The van der Waals surface area contributed by atoms with Crippen molar-refractivity contribution in [3.63, 3.8) is 0 Å². The molecule has 1 aromatic heterocycles. The first-order chi connectivity index (χ1) is 15.4. The van der Waals surface area contributed by atoms with Gasteiger partial charge in [0.1, 0.15) is 0 Å². The minimum atomic E-state index is -4.37. The summed E-state index contributed by atoms with van der Waals surface area (Å²) in [5, 5.41) is 2.51. The second-order valence-electron chi connectivity index (χ2n) is 8.96. The Labute approximate surface area is 187 Å². The highest BCUT2D eigenvalue weighted by Gasteiger charge is 2.43. The normalized spacial score (nSPS) is 24.6. The van der Waals surface area contributed by atoms with E-state index in [1.165, 1.54) is 5.56 Å². The van der Waals surface area contributed by atoms with Crippen LogP contribution in [0, 0.1) is 5.92 Å². The van der Waals surface area contributed by atoms with Crippen LogP contribution in [0.25, 0.3) is 0 Å². The molecule has 4 atom stereocenters. The molecule has 7 heteroatoms. The van der Waals surface area contributed by atoms with Crippen LogP contribution in [-0.4, -0.2) is 47.1 Å². The zero-order valence-electron chi connectivity index (χ0n) is 18.1. The summed E-state index contributed by atoms with van der Waals surface area (Å²) in [6.45, 7) is -0.594. The predicted molar refractivity (Wildman–Crippen MR) is 117 cm³/mol. The van der Waals surface area contributed by atoms with Crippen LogP contribution in [0.5, 0.6) is 0 Å². The number of piperidine rings is 1. The molecule has 2 fully saturated rings. The summed E-state index contributed by atoms with van der Waals surface area (Å²) < 4.78 is 38.9. The molecule has 1 aliphatic heterocycles. The van der Waals surface area contributed by atoms with Gasteiger partial charge < -0.3 is 4.90 Å². The molecule has 2 heterocycles. The lowest BCUT2D eigenvalue weighted by Crippen LogP contribution is -2.58. The van der Waals surface area contributed by atoms with Crippen molar-refractivity contribution in [3.05, 3.63) is 66.0 Å². The highest BCUT2D eigenvalue weighted by molar-refractivity contribution is 5.82. The van der Waals surface area contributed by atoms with Crippen molar-refractivity contribution < 1.29 is 18.0 Å². The van der Waals surface area contributed by atoms with Crippen LogP contribution in [0.4, 0.5) is 13.2 Å². The SMILES string of the molecule is O=C([C@H](Cc1ccncc1)NCC(F)(F)F)N1CC[C@H](c2ccccc2)C2CCCCC21. The molecule has 172 valence electrons. The Kier molecular flexibility index (Phi) is 7.13. The van der Waals surface area contributed by atoms with Gasteiger partial charge in [0.25, 0.3) is 0 Å². The third-order valence-corrected chi connectivity index (χ3v) is 6.93. The van der Waals surface area contributed by atoms with Crippen LogP contribution >= 0.6 is 0 Å². The van der Waals surface area contributed by atoms with E-state index in [1.54, 1.807) is 24.5 Å². The quantitative estimate of drug-likeness (QED) is 0.700. The molecule has 2 aromatic rings. The number of nitrogens with one attached hydrogen (secondary N) is 1. The minimum Gasteiger partial charge on any atom is -0.338 e. The zero-order valence-corrected chi connectivity index (χ0v) is 18.1. The maximum Gasteiger partial charge on any atom is 0.401 e. The van der Waals surface area contributed by atoms with E-state index in [0.717, 1.165) is 37.7 Å². The molecule has 2 unspecified atom stereocenters. The molecule has 2 aliphatic rings. The number of halogens is 3. The number of hydrogen-bond donors (Lipinski definition) is 1. The monoisotopic (exact) mass is 445 g/mol. The molecule has 0 radical (unpaired) electrons. The number of carbonyl (C=O) groups excluding carboxylic acids is 1. The van der Waals surface area contributed by atoms with Crippen LogP contribution in [0.1, 0.15) is 49.1 Å². The number of nitrogens with zero attached hydrogens (tertiary/aromatic N) is 2. The predicted octanol–water partition coefficient (Wildman–Crippen LogP) is 4.72. The Hall–Kier alpha value is -2.41. The van der Waals surface area contributed by atoms with Gasteiger partial charge in [-0.05, 0) is 60.8 Å². The topological polar surface area (TPSA) is 45.2 Å². The lowest BCUT2D eigenvalue weighted by Gasteiger charge is -2.49. The Balaban J connectivity index is 1.54. The van der Waals surface area contributed by atoms with Crippen LogP contribution in [-0.2, 0) is 11.2 Å². The van der Waals surface area contributed by atoms with Crippen molar-refractivity contribution in [2.24, 2.45) is 5.92 Å². The van der Waals surface area contributed by atoms with Gasteiger partial charge in [0.05, 0.1) is 12.6 Å². The van der Waals surface area contributed by atoms with Gasteiger partial charge in [0.2, 0.25) is 5.91 Å². The summed E-state index contributed by atoms with van der Waals surface area (Å²) in [6.07, 6.45) is 4.05. The van der Waals surface area contributed by atoms with Crippen LogP contribution in [0.3, 0.4) is 0 Å². The Bertz CT molecular complexity index is 875. The van der Waals surface area contributed by atoms with E-state index in [0.29, 0.717) is 18.4 Å². The first-order valence-corrected chi connectivity index (χ1v) is 11.5. The van der Waals surface area contributed by atoms with Crippen LogP contribution < -0.4 is 5.32 Å². The molecule has 1 aliphatic carbocycles. The number of amides is 1. The smallest absolute Gasteiger partial charge is 0.338 e. The molecule has 1 saturated heterocycles. The molecule has 4 rings (SSSR count). The van der Waals surface area contributed by atoms with Crippen LogP contribution in [0.2, 0.25) is 0 Å². The van der Waals surface area contributed by atoms with Gasteiger partial charge in [-0.25, -0.2) is 0 Å². The minimum absolute atomic E-state index is 0.0860. The van der Waals surface area contributed by atoms with E-state index in [1.807, 2.05) is 11.0 Å². The first kappa shape index (κ1) is 22.8. The van der Waals surface area contributed by atoms with Crippen molar-refractivity contribution in [2.75, 3.05) is 13.1 Å². The van der Waals surface area contributed by atoms with E-state index in [2.05, 4.69) is 34.6 Å². The number of fused-ring (bicyclic) bond motifs is 1. The molecule has 0 spiro atoms. The summed E-state index contributed by atoms with van der Waals surface area (Å²) in [5.74, 6) is 0.537. The third kappa shape index (κ3) is 5.49. The highest BCUT2D eigenvalue weighted by Crippen LogP contribution is 2.44. The summed E-state index contributed by atoms with van der Waals surface area (Å²) in [4.78, 5) is 19.5. The Morgan fingerprint density at radius 3 is 2.50 bits per heavy atom. The van der Waals surface area contributed by atoms with Gasteiger partial charge in [0.15, 0.2) is 0 Å². The molecular formula is C25H30F3N3O. The van der Waals surface area contributed by atoms with Gasteiger partial charge in [-0.2, -0.15) is 13.2 Å². The number of benzene rings is 1. The molecule has 1 saturated carbocycles. The fraction of sp³-hybridized carbons (Fsp3) is 0.520.